The fourth-order valence-electron chi connectivity index (χ4n) is 1.85. The van der Waals surface area contributed by atoms with Gasteiger partial charge < -0.3 is 5.73 Å². The Labute approximate surface area is 105 Å². The van der Waals surface area contributed by atoms with Crippen LogP contribution in [0.3, 0.4) is 0 Å². The van der Waals surface area contributed by atoms with Crippen LogP contribution in [0.2, 0.25) is 0 Å². The van der Waals surface area contributed by atoms with Crippen LogP contribution in [0.15, 0.2) is 24.3 Å². The van der Waals surface area contributed by atoms with Gasteiger partial charge in [-0.2, -0.15) is 0 Å². The summed E-state index contributed by atoms with van der Waals surface area (Å²) in [6.45, 7) is 4.41. The number of nitrogens with zero attached hydrogens (tertiary/aromatic N) is 1. The first-order valence-electron chi connectivity index (χ1n) is 5.21. The van der Waals surface area contributed by atoms with Crippen LogP contribution in [0.25, 0.3) is 10.9 Å². The van der Waals surface area contributed by atoms with Gasteiger partial charge in [-0.05, 0) is 43.5 Å². The van der Waals surface area contributed by atoms with Gasteiger partial charge in [0.25, 0.3) is 0 Å². The lowest BCUT2D eigenvalue weighted by molar-refractivity contribution is 1.37. The van der Waals surface area contributed by atoms with Crippen LogP contribution in [-0.2, 0) is 0 Å². The maximum atomic E-state index is 6.04. The molecule has 0 radical (unpaired) electrons. The Bertz CT molecular complexity index is 624. The Balaban J connectivity index is 2.73. The molecule has 0 amide bonds. The number of aromatic nitrogens is 1. The van der Waals surface area contributed by atoms with Crippen molar-refractivity contribution in [2.45, 2.75) is 0 Å². The molecule has 0 bridgehead atoms. The first kappa shape index (κ1) is 12.3. The SMILES string of the molecule is CP(C)c1c(N)ccc2nc(C#CP)ccc12. The van der Waals surface area contributed by atoms with Crippen molar-refractivity contribution in [2.75, 3.05) is 19.1 Å². The lowest BCUT2D eigenvalue weighted by atomic mass is 10.2. The topological polar surface area (TPSA) is 38.9 Å². The van der Waals surface area contributed by atoms with E-state index in [1.807, 2.05) is 18.2 Å². The molecule has 2 nitrogen and oxygen atoms in total. The molecular weight excluding hydrogens is 246 g/mol. The molecule has 1 aromatic heterocycles. The molecule has 1 aromatic carbocycles. The van der Waals surface area contributed by atoms with E-state index < -0.39 is 0 Å². The van der Waals surface area contributed by atoms with Crippen molar-refractivity contribution in [2.24, 2.45) is 0 Å². The lowest BCUT2D eigenvalue weighted by Crippen LogP contribution is -2.09. The minimum absolute atomic E-state index is 0.239. The van der Waals surface area contributed by atoms with Gasteiger partial charge in [-0.3, -0.25) is 0 Å². The summed E-state index contributed by atoms with van der Waals surface area (Å²) >= 11 is 0. The highest BCUT2D eigenvalue weighted by Gasteiger charge is 2.09. The number of benzene rings is 1. The fourth-order valence-corrected chi connectivity index (χ4v) is 3.26. The van der Waals surface area contributed by atoms with E-state index >= 15 is 0 Å². The third-order valence-corrected chi connectivity index (χ3v) is 4.06. The molecule has 0 aliphatic rings. The van der Waals surface area contributed by atoms with Gasteiger partial charge in [0.2, 0.25) is 0 Å². The highest BCUT2D eigenvalue weighted by molar-refractivity contribution is 7.65. The number of nitrogens with two attached hydrogens (primary N) is 1. The maximum absolute atomic E-state index is 6.04. The summed E-state index contributed by atoms with van der Waals surface area (Å²) in [5.41, 5.74) is 11.4. The minimum atomic E-state index is -0.239. The van der Waals surface area contributed by atoms with Gasteiger partial charge in [0.05, 0.1) is 5.52 Å². The zero-order valence-corrected chi connectivity index (χ0v) is 11.9. The molecule has 0 aliphatic carbocycles. The number of rotatable bonds is 1. The van der Waals surface area contributed by atoms with E-state index in [0.29, 0.717) is 0 Å². The summed E-state index contributed by atoms with van der Waals surface area (Å²) in [5.74, 6) is 2.94. The molecule has 1 unspecified atom stereocenters. The number of pyridine rings is 1. The average Bonchev–Trinajstić information content (AvgIpc) is 2.29. The van der Waals surface area contributed by atoms with E-state index in [-0.39, 0.29) is 7.92 Å². The molecule has 4 heteroatoms. The normalized spacial score (nSPS) is 10.4. The van der Waals surface area contributed by atoms with Crippen molar-refractivity contribution >= 4 is 39.1 Å². The monoisotopic (exact) mass is 260 g/mol. The molecule has 0 aliphatic heterocycles. The third-order valence-electron chi connectivity index (χ3n) is 2.52. The Morgan fingerprint density at radius 3 is 2.65 bits per heavy atom. The zero-order valence-electron chi connectivity index (χ0n) is 9.86. The third kappa shape index (κ3) is 2.42. The molecule has 0 saturated carbocycles. The zero-order chi connectivity index (χ0) is 12.4. The van der Waals surface area contributed by atoms with Gasteiger partial charge in [0.1, 0.15) is 5.69 Å². The predicted molar refractivity (Wildman–Crippen MR) is 81.1 cm³/mol. The smallest absolute Gasteiger partial charge is 0.114 e. The van der Waals surface area contributed by atoms with Crippen LogP contribution < -0.4 is 11.0 Å². The molecule has 0 fully saturated rings. The van der Waals surface area contributed by atoms with Crippen molar-refractivity contribution in [1.82, 2.24) is 4.98 Å². The number of anilines is 1. The first-order valence-corrected chi connectivity index (χ1v) is 8.03. The highest BCUT2D eigenvalue weighted by Crippen LogP contribution is 2.31. The van der Waals surface area contributed by atoms with Crippen molar-refractivity contribution in [3.63, 3.8) is 0 Å². The number of hydrogen-bond donors (Lipinski definition) is 1. The van der Waals surface area contributed by atoms with Gasteiger partial charge in [-0.15, -0.1) is 0 Å². The van der Waals surface area contributed by atoms with Gasteiger partial charge in [0, 0.05) is 16.4 Å². The quantitative estimate of drug-likeness (QED) is 0.485. The molecule has 2 aromatic rings. The second kappa shape index (κ2) is 5.01. The second-order valence-corrected chi connectivity index (χ2v) is 6.46. The van der Waals surface area contributed by atoms with Gasteiger partial charge in [-0.1, -0.05) is 22.8 Å². The molecule has 2 rings (SSSR count). The van der Waals surface area contributed by atoms with Crippen molar-refractivity contribution in [3.05, 3.63) is 30.0 Å². The Hall–Kier alpha value is -1.15. The molecule has 0 saturated heterocycles. The molecular formula is C13H14N2P2. The number of hydrogen-bond acceptors (Lipinski definition) is 2. The van der Waals surface area contributed by atoms with Crippen LogP contribution in [0.4, 0.5) is 5.69 Å². The molecule has 1 heterocycles. The summed E-state index contributed by atoms with van der Waals surface area (Å²) in [5, 5.41) is 2.38. The standard InChI is InChI=1S/C13H14N2P2/c1-17(2)13-10-4-3-9(7-8-16)15-12(10)6-5-11(13)14/h3-6H,14,16H2,1-2H3. The second-order valence-electron chi connectivity index (χ2n) is 3.93. The van der Waals surface area contributed by atoms with Gasteiger partial charge in [0.15, 0.2) is 0 Å². The van der Waals surface area contributed by atoms with Crippen LogP contribution in [0.5, 0.6) is 0 Å². The molecule has 86 valence electrons. The highest BCUT2D eigenvalue weighted by atomic mass is 31.1. The van der Waals surface area contributed by atoms with Gasteiger partial charge >= 0.3 is 0 Å². The number of fused-ring (bicyclic) bond motifs is 1. The summed E-state index contributed by atoms with van der Waals surface area (Å²) in [7, 11) is 2.14. The van der Waals surface area contributed by atoms with Crippen LogP contribution in [0.1, 0.15) is 5.69 Å². The first-order chi connectivity index (χ1) is 8.13. The van der Waals surface area contributed by atoms with E-state index in [0.717, 1.165) is 22.3 Å². The largest absolute Gasteiger partial charge is 0.398 e. The Morgan fingerprint density at radius 2 is 2.00 bits per heavy atom. The van der Waals surface area contributed by atoms with Crippen molar-refractivity contribution < 1.29 is 0 Å². The van der Waals surface area contributed by atoms with E-state index in [2.05, 4.69) is 45.2 Å². The Kier molecular flexibility index (Phi) is 3.63. The lowest BCUT2D eigenvalue weighted by Gasteiger charge is -2.13. The summed E-state index contributed by atoms with van der Waals surface area (Å²) in [6, 6.07) is 7.91. The van der Waals surface area contributed by atoms with E-state index in [1.165, 1.54) is 5.30 Å². The summed E-state index contributed by atoms with van der Waals surface area (Å²) < 4.78 is 0. The van der Waals surface area contributed by atoms with Crippen LogP contribution in [-0.4, -0.2) is 18.3 Å². The van der Waals surface area contributed by atoms with E-state index in [9.17, 15) is 0 Å². The minimum Gasteiger partial charge on any atom is -0.398 e. The molecule has 2 N–H and O–H groups in total. The molecule has 17 heavy (non-hydrogen) atoms. The van der Waals surface area contributed by atoms with Crippen LogP contribution >= 0.6 is 17.2 Å². The molecule has 1 atom stereocenters. The maximum Gasteiger partial charge on any atom is 0.114 e. The summed E-state index contributed by atoms with van der Waals surface area (Å²) in [6.07, 6.45) is 0. The van der Waals surface area contributed by atoms with Crippen molar-refractivity contribution in [3.8, 4) is 11.6 Å². The average molecular weight is 260 g/mol. The predicted octanol–water partition coefficient (Wildman–Crippen LogP) is 2.37. The summed E-state index contributed by atoms with van der Waals surface area (Å²) in [4.78, 5) is 4.52. The molecule has 0 spiro atoms. The Morgan fingerprint density at radius 1 is 1.24 bits per heavy atom. The van der Waals surface area contributed by atoms with E-state index in [4.69, 9.17) is 5.73 Å². The van der Waals surface area contributed by atoms with Crippen molar-refractivity contribution in [1.29, 1.82) is 0 Å². The van der Waals surface area contributed by atoms with E-state index in [1.54, 1.807) is 0 Å². The van der Waals surface area contributed by atoms with Crippen LogP contribution in [0, 0.1) is 11.6 Å². The fraction of sp³-hybridized carbons (Fsp3) is 0.154. The van der Waals surface area contributed by atoms with Gasteiger partial charge in [-0.25, -0.2) is 4.98 Å². The number of nitrogen functional groups attached to an aromatic ring is 1.